The smallest absolute Gasteiger partial charge is 0.475 e. The lowest BCUT2D eigenvalue weighted by atomic mass is 10.2. The summed E-state index contributed by atoms with van der Waals surface area (Å²) < 4.78 is 69.4. The van der Waals surface area contributed by atoms with E-state index >= 15 is 0 Å². The van der Waals surface area contributed by atoms with Gasteiger partial charge in [0.1, 0.15) is 11.5 Å². The number of rotatable bonds is 6. The van der Waals surface area contributed by atoms with Gasteiger partial charge in [-0.2, -0.15) is 26.3 Å². The molecule has 0 aliphatic rings. The number of carboxylic acids is 2. The number of fused-ring (bicyclic) bond motifs is 1. The van der Waals surface area contributed by atoms with Crippen LogP contribution in [0.3, 0.4) is 0 Å². The molecule has 208 valence electrons. The van der Waals surface area contributed by atoms with Crippen molar-refractivity contribution in [1.29, 1.82) is 0 Å². The van der Waals surface area contributed by atoms with E-state index in [1.54, 1.807) is 6.33 Å². The van der Waals surface area contributed by atoms with Gasteiger partial charge in [-0.3, -0.25) is 4.98 Å². The fourth-order valence-corrected chi connectivity index (χ4v) is 2.64. The Kier molecular flexibility index (Phi) is 10.8. The zero-order chi connectivity index (χ0) is 29.1. The van der Waals surface area contributed by atoms with E-state index in [0.29, 0.717) is 0 Å². The number of aromatic nitrogens is 3. The van der Waals surface area contributed by atoms with Crippen LogP contribution in [-0.2, 0) is 22.7 Å². The second-order valence-corrected chi connectivity index (χ2v) is 7.39. The molecular formula is C24H20F6N4O5. The van der Waals surface area contributed by atoms with Crippen molar-refractivity contribution in [3.05, 3.63) is 84.4 Å². The summed E-state index contributed by atoms with van der Waals surface area (Å²) >= 11 is 0. The summed E-state index contributed by atoms with van der Waals surface area (Å²) in [5.41, 5.74) is 4.34. The van der Waals surface area contributed by atoms with E-state index in [2.05, 4.69) is 32.4 Å². The average molecular weight is 558 g/mol. The highest BCUT2D eigenvalue weighted by Gasteiger charge is 2.38. The third-order valence-corrected chi connectivity index (χ3v) is 4.44. The maximum Gasteiger partial charge on any atom is 0.490 e. The Labute approximate surface area is 216 Å². The van der Waals surface area contributed by atoms with Gasteiger partial charge in [0.05, 0.1) is 17.4 Å². The average Bonchev–Trinajstić information content (AvgIpc) is 3.33. The molecule has 0 atom stereocenters. The Morgan fingerprint density at radius 1 is 0.795 bits per heavy atom. The predicted molar refractivity (Wildman–Crippen MR) is 125 cm³/mol. The lowest BCUT2D eigenvalue weighted by Gasteiger charge is -2.08. The van der Waals surface area contributed by atoms with Gasteiger partial charge < -0.3 is 25.3 Å². The number of aliphatic carboxylic acids is 2. The molecule has 0 bridgehead atoms. The van der Waals surface area contributed by atoms with Crippen LogP contribution < -0.4 is 10.1 Å². The Bertz CT molecular complexity index is 1320. The summed E-state index contributed by atoms with van der Waals surface area (Å²) in [4.78, 5) is 29.1. The van der Waals surface area contributed by atoms with Crippen molar-refractivity contribution in [2.75, 3.05) is 0 Å². The first kappa shape index (κ1) is 30.6. The lowest BCUT2D eigenvalue weighted by Crippen LogP contribution is -2.21. The number of halogens is 6. The predicted octanol–water partition coefficient (Wildman–Crippen LogP) is 5.31. The zero-order valence-corrected chi connectivity index (χ0v) is 19.6. The Hall–Kier alpha value is -4.66. The van der Waals surface area contributed by atoms with E-state index in [1.165, 1.54) is 11.1 Å². The van der Waals surface area contributed by atoms with Gasteiger partial charge in [0, 0.05) is 31.5 Å². The van der Waals surface area contributed by atoms with Gasteiger partial charge in [0.25, 0.3) is 0 Å². The minimum Gasteiger partial charge on any atom is -0.475 e. The summed E-state index contributed by atoms with van der Waals surface area (Å²) in [6.45, 7) is 1.63. The fourth-order valence-electron chi connectivity index (χ4n) is 2.64. The van der Waals surface area contributed by atoms with Gasteiger partial charge in [0.15, 0.2) is 0 Å². The van der Waals surface area contributed by atoms with Crippen LogP contribution in [0.15, 0.2) is 73.3 Å². The first-order valence-electron chi connectivity index (χ1n) is 10.7. The second-order valence-electron chi connectivity index (χ2n) is 7.39. The van der Waals surface area contributed by atoms with Crippen LogP contribution in [-0.4, -0.2) is 49.5 Å². The summed E-state index contributed by atoms with van der Waals surface area (Å²) in [6.07, 6.45) is -4.87. The summed E-state index contributed by atoms with van der Waals surface area (Å²) in [5.74, 6) is -3.91. The van der Waals surface area contributed by atoms with Crippen LogP contribution >= 0.6 is 0 Å². The third kappa shape index (κ3) is 11.1. The zero-order valence-electron chi connectivity index (χ0n) is 19.6. The standard InChI is InChI=1S/C20H18N4O.2C2HF3O2/c1-3-17(25-18-5-6-19-20(11-18)24-14-23-19)4-2-15(1)12-22-13-16-7-9-21-10-8-16;2*3-2(4,5)1(6)7/h1-11,14,22H,12-13H2,(H,23,24);2*(H,6,7). The summed E-state index contributed by atoms with van der Waals surface area (Å²) in [7, 11) is 0. The maximum atomic E-state index is 10.6. The van der Waals surface area contributed by atoms with Gasteiger partial charge in [-0.15, -0.1) is 0 Å². The number of aromatic amines is 1. The molecule has 4 rings (SSSR count). The molecule has 0 radical (unpaired) electrons. The second kappa shape index (κ2) is 13.8. The Balaban J connectivity index is 0.000000317. The van der Waals surface area contributed by atoms with E-state index in [-0.39, 0.29) is 0 Å². The molecule has 15 heteroatoms. The van der Waals surface area contributed by atoms with Crippen molar-refractivity contribution in [3.63, 3.8) is 0 Å². The fraction of sp³-hybridized carbons (Fsp3) is 0.167. The molecule has 0 fully saturated rings. The largest absolute Gasteiger partial charge is 0.490 e. The minimum absolute atomic E-state index is 0.792. The number of nitrogens with one attached hydrogen (secondary N) is 2. The first-order chi connectivity index (χ1) is 18.3. The van der Waals surface area contributed by atoms with Crippen LogP contribution in [0.5, 0.6) is 11.5 Å². The number of carbonyl (C=O) groups is 2. The van der Waals surface area contributed by atoms with Crippen molar-refractivity contribution >= 4 is 23.0 Å². The number of hydrogen-bond acceptors (Lipinski definition) is 6. The molecule has 2 aromatic heterocycles. The van der Waals surface area contributed by atoms with E-state index < -0.39 is 24.3 Å². The molecule has 0 aliphatic carbocycles. The number of imidazole rings is 1. The number of alkyl halides is 6. The van der Waals surface area contributed by atoms with Gasteiger partial charge in [-0.1, -0.05) is 12.1 Å². The molecule has 0 saturated heterocycles. The molecule has 0 aliphatic heterocycles. The van der Waals surface area contributed by atoms with Crippen molar-refractivity contribution in [3.8, 4) is 11.5 Å². The first-order valence-corrected chi connectivity index (χ1v) is 10.7. The Morgan fingerprint density at radius 2 is 1.28 bits per heavy atom. The molecule has 0 saturated carbocycles. The van der Waals surface area contributed by atoms with Crippen LogP contribution in [0.1, 0.15) is 11.1 Å². The molecule has 39 heavy (non-hydrogen) atoms. The molecule has 2 heterocycles. The number of hydrogen-bond donors (Lipinski definition) is 4. The highest BCUT2D eigenvalue weighted by Crippen LogP contribution is 2.24. The molecular weight excluding hydrogens is 538 g/mol. The summed E-state index contributed by atoms with van der Waals surface area (Å²) in [6, 6.07) is 18.0. The number of benzene rings is 2. The van der Waals surface area contributed by atoms with Crippen LogP contribution in [0.2, 0.25) is 0 Å². The van der Waals surface area contributed by atoms with Crippen LogP contribution in [0.25, 0.3) is 11.0 Å². The van der Waals surface area contributed by atoms with Crippen molar-refractivity contribution in [2.24, 2.45) is 0 Å². The normalized spacial score (nSPS) is 11.0. The number of ether oxygens (including phenoxy) is 1. The Morgan fingerprint density at radius 3 is 1.79 bits per heavy atom. The summed E-state index contributed by atoms with van der Waals surface area (Å²) in [5, 5.41) is 17.7. The molecule has 4 aromatic rings. The SMILES string of the molecule is O=C(O)C(F)(F)F.O=C(O)C(F)(F)F.c1cc(CNCc2ccc(Oc3ccc4nc[nH]c4c3)cc2)ccn1. The van der Waals surface area contributed by atoms with Gasteiger partial charge in [0.2, 0.25) is 0 Å². The number of H-pyrrole nitrogens is 1. The maximum absolute atomic E-state index is 10.6. The number of pyridine rings is 1. The monoisotopic (exact) mass is 558 g/mol. The molecule has 2 aromatic carbocycles. The number of nitrogens with zero attached hydrogens (tertiary/aromatic N) is 2. The van der Waals surface area contributed by atoms with Gasteiger partial charge in [-0.25, -0.2) is 14.6 Å². The quantitative estimate of drug-likeness (QED) is 0.234. The van der Waals surface area contributed by atoms with E-state index in [9.17, 15) is 26.3 Å². The van der Waals surface area contributed by atoms with Crippen LogP contribution in [0.4, 0.5) is 26.3 Å². The van der Waals surface area contributed by atoms with E-state index in [0.717, 1.165) is 35.6 Å². The van der Waals surface area contributed by atoms with Gasteiger partial charge in [-0.05, 0) is 47.5 Å². The van der Waals surface area contributed by atoms with E-state index in [1.807, 2.05) is 54.9 Å². The molecule has 0 spiro atoms. The van der Waals surface area contributed by atoms with Crippen LogP contribution in [0, 0.1) is 0 Å². The molecule has 0 amide bonds. The van der Waals surface area contributed by atoms with Crippen molar-refractivity contribution in [2.45, 2.75) is 25.4 Å². The molecule has 4 N–H and O–H groups in total. The van der Waals surface area contributed by atoms with E-state index in [4.69, 9.17) is 24.5 Å². The molecule has 9 nitrogen and oxygen atoms in total. The minimum atomic E-state index is -5.08. The topological polar surface area (TPSA) is 137 Å². The lowest BCUT2D eigenvalue weighted by molar-refractivity contribution is -0.193. The highest BCUT2D eigenvalue weighted by atomic mass is 19.4. The van der Waals surface area contributed by atoms with Gasteiger partial charge >= 0.3 is 24.3 Å². The third-order valence-electron chi connectivity index (χ3n) is 4.44. The molecule has 0 unspecified atom stereocenters. The number of carboxylic acid groups (broad SMARTS) is 2. The van der Waals surface area contributed by atoms with Crippen molar-refractivity contribution in [1.82, 2.24) is 20.3 Å². The van der Waals surface area contributed by atoms with Crippen molar-refractivity contribution < 1.29 is 50.9 Å². The highest BCUT2D eigenvalue weighted by molar-refractivity contribution is 5.76.